The Morgan fingerprint density at radius 2 is 2.07 bits per heavy atom. The first kappa shape index (κ1) is 20.8. The Bertz CT molecular complexity index is 1120. The van der Waals surface area contributed by atoms with Gasteiger partial charge in [0.1, 0.15) is 0 Å². The summed E-state index contributed by atoms with van der Waals surface area (Å²) in [5, 5.41) is 7.46. The molecule has 0 spiro atoms. The van der Waals surface area contributed by atoms with Crippen LogP contribution in [0.4, 0.5) is 0 Å². The summed E-state index contributed by atoms with van der Waals surface area (Å²) in [6, 6.07) is 7.15. The third-order valence-electron chi connectivity index (χ3n) is 4.80. The molecule has 0 aliphatic rings. The molecule has 0 aliphatic carbocycles. The van der Waals surface area contributed by atoms with E-state index in [1.54, 1.807) is 31.0 Å². The number of aromatic amines is 1. The van der Waals surface area contributed by atoms with Gasteiger partial charge >= 0.3 is 0 Å². The van der Waals surface area contributed by atoms with Crippen molar-refractivity contribution in [3.05, 3.63) is 73.8 Å². The number of pyridine rings is 1. The quantitative estimate of drug-likeness (QED) is 0.648. The normalized spacial score (nSPS) is 10.9. The fraction of sp³-hybridized carbons (Fsp3) is 0.286. The molecule has 1 aromatic carbocycles. The Balaban J connectivity index is 1.91. The first-order valence-corrected chi connectivity index (χ1v) is 9.47. The molecule has 1 amide bonds. The topological polar surface area (TPSA) is 89.0 Å². The lowest BCUT2D eigenvalue weighted by Gasteiger charge is -2.14. The second kappa shape index (κ2) is 8.63. The maximum Gasteiger partial charge on any atom is 0.253 e. The fourth-order valence-corrected chi connectivity index (χ4v) is 3.56. The molecule has 2 N–H and O–H groups in total. The summed E-state index contributed by atoms with van der Waals surface area (Å²) in [5.74, 6) is -0.309. The number of nitrogens with zero attached hydrogens (tertiary/aromatic N) is 2. The van der Waals surface area contributed by atoms with Crippen molar-refractivity contribution in [2.75, 3.05) is 7.11 Å². The summed E-state index contributed by atoms with van der Waals surface area (Å²) in [7, 11) is 3.39. The minimum absolute atomic E-state index is 0.0835. The lowest BCUT2D eigenvalue weighted by Crippen LogP contribution is -2.29. The number of rotatable bonds is 6. The summed E-state index contributed by atoms with van der Waals surface area (Å²) in [5.41, 5.74) is 4.63. The maximum atomic E-state index is 12.9. The van der Waals surface area contributed by atoms with Gasteiger partial charge in [-0.1, -0.05) is 11.6 Å². The van der Waals surface area contributed by atoms with Crippen LogP contribution in [-0.2, 0) is 24.9 Å². The van der Waals surface area contributed by atoms with Crippen molar-refractivity contribution in [3.63, 3.8) is 0 Å². The third-order valence-corrected chi connectivity index (χ3v) is 5.02. The monoisotopic (exact) mass is 414 g/mol. The van der Waals surface area contributed by atoms with E-state index in [9.17, 15) is 9.59 Å². The number of methoxy groups -OCH3 is 1. The summed E-state index contributed by atoms with van der Waals surface area (Å²) >= 11 is 6.28. The highest BCUT2D eigenvalue weighted by atomic mass is 35.5. The van der Waals surface area contributed by atoms with Crippen molar-refractivity contribution in [1.82, 2.24) is 20.1 Å². The lowest BCUT2D eigenvalue weighted by atomic mass is 9.99. The summed E-state index contributed by atoms with van der Waals surface area (Å²) < 4.78 is 6.91. The van der Waals surface area contributed by atoms with Gasteiger partial charge in [0.15, 0.2) is 0 Å². The van der Waals surface area contributed by atoms with Gasteiger partial charge in [-0.05, 0) is 49.2 Å². The lowest BCUT2D eigenvalue weighted by molar-refractivity contribution is 0.0949. The van der Waals surface area contributed by atoms with Gasteiger partial charge in [0.25, 0.3) is 11.5 Å². The van der Waals surface area contributed by atoms with E-state index in [4.69, 9.17) is 16.3 Å². The van der Waals surface area contributed by atoms with Gasteiger partial charge in [-0.25, -0.2) is 0 Å². The van der Waals surface area contributed by atoms with Gasteiger partial charge in [0, 0.05) is 54.3 Å². The molecule has 0 fully saturated rings. The number of hydrogen-bond acceptors (Lipinski definition) is 4. The predicted molar refractivity (Wildman–Crippen MR) is 112 cm³/mol. The minimum atomic E-state index is -0.309. The van der Waals surface area contributed by atoms with Gasteiger partial charge in [-0.3, -0.25) is 14.3 Å². The molecule has 152 valence electrons. The zero-order valence-corrected chi connectivity index (χ0v) is 17.6. The zero-order valence-electron chi connectivity index (χ0n) is 16.8. The van der Waals surface area contributed by atoms with Crippen molar-refractivity contribution in [3.8, 4) is 11.3 Å². The molecule has 0 radical (unpaired) electrons. The molecule has 29 heavy (non-hydrogen) atoms. The van der Waals surface area contributed by atoms with Gasteiger partial charge in [-0.2, -0.15) is 5.10 Å². The molecule has 0 saturated carbocycles. The van der Waals surface area contributed by atoms with E-state index in [-0.39, 0.29) is 24.6 Å². The number of carbonyl (C=O) groups is 1. The molecule has 0 atom stereocenters. The van der Waals surface area contributed by atoms with E-state index in [0.717, 1.165) is 28.1 Å². The van der Waals surface area contributed by atoms with Gasteiger partial charge < -0.3 is 15.0 Å². The third kappa shape index (κ3) is 4.41. The molecule has 8 heteroatoms. The summed E-state index contributed by atoms with van der Waals surface area (Å²) in [4.78, 5) is 28.0. The van der Waals surface area contributed by atoms with Crippen molar-refractivity contribution >= 4 is 17.5 Å². The summed E-state index contributed by atoms with van der Waals surface area (Å²) in [6.45, 7) is 4.04. The van der Waals surface area contributed by atoms with Crippen LogP contribution in [0.15, 0.2) is 35.3 Å². The number of aryl methyl sites for hydroxylation is 2. The molecule has 0 aliphatic heterocycles. The van der Waals surface area contributed by atoms with Crippen LogP contribution in [-0.4, -0.2) is 27.8 Å². The van der Waals surface area contributed by atoms with Crippen LogP contribution < -0.4 is 10.9 Å². The second-order valence-corrected chi connectivity index (χ2v) is 7.30. The van der Waals surface area contributed by atoms with E-state index >= 15 is 0 Å². The Labute approximate surface area is 173 Å². The van der Waals surface area contributed by atoms with Gasteiger partial charge in [0.05, 0.1) is 12.3 Å². The highest BCUT2D eigenvalue weighted by Gasteiger charge is 2.17. The maximum absolute atomic E-state index is 12.9. The molecule has 7 nitrogen and oxygen atoms in total. The van der Waals surface area contributed by atoms with E-state index in [2.05, 4.69) is 15.4 Å². The standard InChI is InChI=1S/C21H23ClN4O3/c1-12-7-14(11-29-4)18(21(28)25-12)10-23-20(27)17-9-15(22)8-16(13(17)2)19-5-6-24-26(19)3/h5-9H,10-11H2,1-4H3,(H,23,27)(H,25,28). The van der Waals surface area contributed by atoms with Crippen LogP contribution in [0.5, 0.6) is 0 Å². The number of aromatic nitrogens is 3. The van der Waals surface area contributed by atoms with Crippen molar-refractivity contribution in [1.29, 1.82) is 0 Å². The fourth-order valence-electron chi connectivity index (χ4n) is 3.35. The van der Waals surface area contributed by atoms with E-state index in [1.165, 1.54) is 0 Å². The number of H-pyrrole nitrogens is 1. The van der Waals surface area contributed by atoms with Crippen molar-refractivity contribution in [2.24, 2.45) is 7.05 Å². The molecular formula is C21H23ClN4O3. The molecule has 3 rings (SSSR count). The molecule has 0 bridgehead atoms. The Kier molecular flexibility index (Phi) is 6.20. The number of ether oxygens (including phenoxy) is 1. The van der Waals surface area contributed by atoms with Crippen molar-refractivity contribution in [2.45, 2.75) is 27.0 Å². The largest absolute Gasteiger partial charge is 0.380 e. The van der Waals surface area contributed by atoms with Crippen LogP contribution in [0.2, 0.25) is 5.02 Å². The number of amides is 1. The minimum Gasteiger partial charge on any atom is -0.380 e. The van der Waals surface area contributed by atoms with Crippen LogP contribution in [0.25, 0.3) is 11.3 Å². The Morgan fingerprint density at radius 3 is 2.72 bits per heavy atom. The Morgan fingerprint density at radius 1 is 1.31 bits per heavy atom. The average molecular weight is 415 g/mol. The van der Waals surface area contributed by atoms with E-state index < -0.39 is 0 Å². The Hall–Kier alpha value is -2.90. The number of hydrogen-bond donors (Lipinski definition) is 2. The predicted octanol–water partition coefficient (Wildman–Crippen LogP) is 3.12. The van der Waals surface area contributed by atoms with Gasteiger partial charge in [-0.15, -0.1) is 0 Å². The zero-order chi connectivity index (χ0) is 21.1. The number of benzene rings is 1. The molecule has 3 aromatic rings. The van der Waals surface area contributed by atoms with Crippen molar-refractivity contribution < 1.29 is 9.53 Å². The number of halogens is 1. The average Bonchev–Trinajstić information content (AvgIpc) is 3.08. The summed E-state index contributed by atoms with van der Waals surface area (Å²) in [6.07, 6.45) is 1.69. The number of carbonyl (C=O) groups excluding carboxylic acids is 1. The second-order valence-electron chi connectivity index (χ2n) is 6.87. The molecule has 2 heterocycles. The first-order chi connectivity index (χ1) is 13.8. The van der Waals surface area contributed by atoms with Crippen LogP contribution in [0, 0.1) is 13.8 Å². The highest BCUT2D eigenvalue weighted by molar-refractivity contribution is 6.31. The number of nitrogens with one attached hydrogen (secondary N) is 2. The van der Waals surface area contributed by atoms with Crippen LogP contribution >= 0.6 is 11.6 Å². The molecule has 0 saturated heterocycles. The first-order valence-electron chi connectivity index (χ1n) is 9.09. The smallest absolute Gasteiger partial charge is 0.253 e. The van der Waals surface area contributed by atoms with Gasteiger partial charge in [0.2, 0.25) is 0 Å². The SMILES string of the molecule is COCc1cc(C)[nH]c(=O)c1CNC(=O)c1cc(Cl)cc(-c2ccnn2C)c1C. The van der Waals surface area contributed by atoms with Crippen LogP contribution in [0.3, 0.4) is 0 Å². The molecule has 2 aromatic heterocycles. The van der Waals surface area contributed by atoms with E-state index in [1.807, 2.05) is 32.2 Å². The molecule has 0 unspecified atom stereocenters. The highest BCUT2D eigenvalue weighted by Crippen LogP contribution is 2.29. The van der Waals surface area contributed by atoms with Crippen LogP contribution in [0.1, 0.15) is 32.7 Å². The molecular weight excluding hydrogens is 392 g/mol. The van der Waals surface area contributed by atoms with E-state index in [0.29, 0.717) is 16.1 Å².